The van der Waals surface area contributed by atoms with E-state index in [1.54, 1.807) is 6.92 Å². The number of hydrogen-bond donors (Lipinski definition) is 5. The molecular formula is C27H51O5P. The zero-order valence-electron chi connectivity index (χ0n) is 23.0. The first-order valence-electron chi connectivity index (χ1n) is 12.3. The predicted molar refractivity (Wildman–Crippen MR) is 141 cm³/mol. The summed E-state index contributed by atoms with van der Waals surface area (Å²) < 4.78 is 0. The third-order valence-electron chi connectivity index (χ3n) is 7.06. The summed E-state index contributed by atoms with van der Waals surface area (Å²) >= 11 is 0. The van der Waals surface area contributed by atoms with Crippen LogP contribution in [-0.4, -0.2) is 37.3 Å². The zero-order chi connectivity index (χ0) is 26.3. The molecule has 0 spiro atoms. The second-order valence-electron chi connectivity index (χ2n) is 13.1. The summed E-state index contributed by atoms with van der Waals surface area (Å²) in [6.07, 6.45) is 1.44. The van der Waals surface area contributed by atoms with Gasteiger partial charge in [0.15, 0.2) is 0 Å². The third kappa shape index (κ3) is 6.00. The van der Waals surface area contributed by atoms with Crippen molar-refractivity contribution in [2.24, 2.45) is 0 Å². The van der Waals surface area contributed by atoms with Gasteiger partial charge in [-0.1, -0.05) is 0 Å². The molecule has 0 heterocycles. The molecule has 0 bridgehead atoms. The van der Waals surface area contributed by atoms with Crippen molar-refractivity contribution in [1.29, 1.82) is 0 Å². The van der Waals surface area contributed by atoms with Gasteiger partial charge in [0.25, 0.3) is 0 Å². The molecule has 1 aromatic carbocycles. The molecule has 0 fully saturated rings. The molecule has 2 unspecified atom stereocenters. The Hall–Kier alpha value is -0.550. The van der Waals surface area contributed by atoms with Crippen molar-refractivity contribution in [3.8, 4) is 0 Å². The minimum absolute atomic E-state index is 0.127. The molecule has 33 heavy (non-hydrogen) atoms. The monoisotopic (exact) mass is 486 g/mol. The molecule has 0 aromatic heterocycles. The van der Waals surface area contributed by atoms with E-state index in [2.05, 4.69) is 74.4 Å². The van der Waals surface area contributed by atoms with Crippen LogP contribution in [0, 0.1) is 0 Å². The SMILES string of the molecule is CCCCC(C)(c1c(C(C)(C)C)cc(C(C)(C)C)cc1C(C)(C)C)P(O)(O)(O)C(O)CCO. The fourth-order valence-electron chi connectivity index (χ4n) is 4.60. The second kappa shape index (κ2) is 9.48. The minimum atomic E-state index is -5.75. The van der Waals surface area contributed by atoms with Crippen molar-refractivity contribution < 1.29 is 24.9 Å². The average molecular weight is 487 g/mol. The second-order valence-corrected chi connectivity index (χ2v) is 16.8. The van der Waals surface area contributed by atoms with Crippen molar-refractivity contribution in [3.05, 3.63) is 34.4 Å². The van der Waals surface area contributed by atoms with Crippen LogP contribution in [0.4, 0.5) is 0 Å². The maximum atomic E-state index is 11.7. The first-order chi connectivity index (χ1) is 14.5. The summed E-state index contributed by atoms with van der Waals surface area (Å²) in [5.41, 5.74) is 2.91. The quantitative estimate of drug-likeness (QED) is 0.292. The summed E-state index contributed by atoms with van der Waals surface area (Å²) in [4.78, 5) is 35.0. The summed E-state index contributed by atoms with van der Waals surface area (Å²) in [7, 11) is -5.75. The average Bonchev–Trinajstić information content (AvgIpc) is 2.62. The number of hydrogen-bond acceptors (Lipinski definition) is 5. The van der Waals surface area contributed by atoms with Gasteiger partial charge in [-0.2, -0.15) is 0 Å². The van der Waals surface area contributed by atoms with Gasteiger partial charge in [-0.3, -0.25) is 0 Å². The molecule has 1 rings (SSSR count). The van der Waals surface area contributed by atoms with Gasteiger partial charge in [-0.15, -0.1) is 0 Å². The van der Waals surface area contributed by atoms with Gasteiger partial charge in [-0.25, -0.2) is 0 Å². The molecule has 5 nitrogen and oxygen atoms in total. The Morgan fingerprint density at radius 3 is 1.52 bits per heavy atom. The van der Waals surface area contributed by atoms with E-state index in [4.69, 9.17) is 0 Å². The molecule has 0 aliphatic heterocycles. The van der Waals surface area contributed by atoms with E-state index in [1.165, 1.54) is 0 Å². The molecule has 0 radical (unpaired) electrons. The molecule has 0 saturated heterocycles. The number of rotatable bonds is 8. The van der Waals surface area contributed by atoms with Crippen molar-refractivity contribution in [1.82, 2.24) is 0 Å². The van der Waals surface area contributed by atoms with Gasteiger partial charge >= 0.3 is 202 Å². The van der Waals surface area contributed by atoms with Crippen LogP contribution >= 0.6 is 7.28 Å². The normalized spacial score (nSPS) is 17.9. The number of unbranched alkanes of at least 4 members (excludes halogenated alkanes) is 1. The third-order valence-corrected chi connectivity index (χ3v) is 10.8. The molecule has 0 amide bonds. The molecule has 2 atom stereocenters. The Labute approximate surface area is 202 Å². The molecule has 194 valence electrons. The van der Waals surface area contributed by atoms with E-state index in [-0.39, 0.29) is 22.7 Å². The van der Waals surface area contributed by atoms with Gasteiger partial charge in [0.1, 0.15) is 0 Å². The fraction of sp³-hybridized carbons (Fsp3) is 0.778. The summed E-state index contributed by atoms with van der Waals surface area (Å²) in [5.74, 6) is -1.83. The number of aliphatic hydroxyl groups excluding tert-OH is 2. The van der Waals surface area contributed by atoms with Gasteiger partial charge in [0, 0.05) is 0 Å². The van der Waals surface area contributed by atoms with E-state index in [0.717, 1.165) is 23.1 Å². The summed E-state index contributed by atoms with van der Waals surface area (Å²) in [6, 6.07) is 4.28. The Bertz CT molecular complexity index is 783. The molecule has 1 aromatic rings. The van der Waals surface area contributed by atoms with E-state index >= 15 is 0 Å². The Kier molecular flexibility index (Phi) is 8.76. The maximum absolute atomic E-state index is 11.7. The van der Waals surface area contributed by atoms with Crippen LogP contribution in [0.15, 0.2) is 12.1 Å². The van der Waals surface area contributed by atoms with Gasteiger partial charge < -0.3 is 0 Å². The van der Waals surface area contributed by atoms with E-state index in [1.807, 2.05) is 6.92 Å². The van der Waals surface area contributed by atoms with Crippen LogP contribution in [0.1, 0.15) is 124 Å². The van der Waals surface area contributed by atoms with Crippen molar-refractivity contribution in [2.45, 2.75) is 129 Å². The van der Waals surface area contributed by atoms with E-state index < -0.39 is 24.9 Å². The van der Waals surface area contributed by atoms with Crippen LogP contribution in [0.3, 0.4) is 0 Å². The zero-order valence-corrected chi connectivity index (χ0v) is 23.8. The molecule has 0 saturated carbocycles. The van der Waals surface area contributed by atoms with E-state index in [0.29, 0.717) is 18.4 Å². The van der Waals surface area contributed by atoms with Crippen molar-refractivity contribution in [2.75, 3.05) is 6.61 Å². The molecule has 0 aliphatic carbocycles. The van der Waals surface area contributed by atoms with Crippen LogP contribution < -0.4 is 0 Å². The summed E-state index contributed by atoms with van der Waals surface area (Å²) in [5, 5.41) is 18.8. The van der Waals surface area contributed by atoms with Crippen LogP contribution in [0.5, 0.6) is 0 Å². The standard InChI is InChI=1S/C27H51O5P/c1-12-13-15-27(11,33(30,31,32)22(29)14-16-28)23-20(25(5,6)7)17-19(24(2,3)4)18-21(23)26(8,9)10/h17-18,22,28-32H,12-16H2,1-11H3. The Morgan fingerprint density at radius 2 is 1.21 bits per heavy atom. The van der Waals surface area contributed by atoms with Crippen LogP contribution in [0.2, 0.25) is 0 Å². The van der Waals surface area contributed by atoms with Crippen molar-refractivity contribution in [3.63, 3.8) is 0 Å². The van der Waals surface area contributed by atoms with Gasteiger partial charge in [0.05, 0.1) is 0 Å². The van der Waals surface area contributed by atoms with Crippen molar-refractivity contribution >= 4 is 7.28 Å². The first kappa shape index (κ1) is 30.5. The molecule has 5 N–H and O–H groups in total. The Morgan fingerprint density at radius 1 is 0.788 bits per heavy atom. The Balaban J connectivity index is 4.34. The van der Waals surface area contributed by atoms with Gasteiger partial charge in [0.2, 0.25) is 0 Å². The number of benzene rings is 1. The van der Waals surface area contributed by atoms with Crippen LogP contribution in [-0.2, 0) is 21.4 Å². The molecule has 0 aliphatic rings. The summed E-state index contributed by atoms with van der Waals surface area (Å²) in [6.45, 7) is 22.3. The van der Waals surface area contributed by atoms with Gasteiger partial charge in [-0.05, 0) is 0 Å². The van der Waals surface area contributed by atoms with E-state index in [9.17, 15) is 24.9 Å². The molecule has 6 heteroatoms. The molecular weight excluding hydrogens is 435 g/mol. The predicted octanol–water partition coefficient (Wildman–Crippen LogP) is 5.96. The number of aliphatic hydroxyl groups is 2. The van der Waals surface area contributed by atoms with Crippen LogP contribution in [0.25, 0.3) is 0 Å². The fourth-order valence-corrected chi connectivity index (χ4v) is 7.10. The first-order valence-corrected chi connectivity index (χ1v) is 14.4. The topological polar surface area (TPSA) is 101 Å².